The van der Waals surface area contributed by atoms with E-state index in [1.54, 1.807) is 37.3 Å². The van der Waals surface area contributed by atoms with E-state index in [4.69, 9.17) is 0 Å². The standard InChI is InChI=1S/C60H87N11O14/c1-7-10-12-19-39-31-49(75)63-45(33-72)54(79)64-41(9-3)59(84)71-27-16-21-48(71)57(82)68-46(34-73)55(80)66-43(29-38-22-24-40(74)25-23-38)52(77)65-42(28-35(4)5)53(78)69-51(36(6)8-2)58(83)67-44(30-37-17-13-11-14-18-37)60(85)70-26-15-20-47(70)56(81)61-32-50(76)62-39/h9,11,13-14,17-18,22-25,35-36,39,42-48,51,72-74H,7-8,10,12,15-16,19-21,26-34H2,1-6H3,(H,61,81)(H,62,76)(H,63,75)(H,64,79)(H,65,77)(H,66,80)(H,67,83)(H,68,82)(H,69,78)/b41-9+/t36-,39+,42+,43+,44+,45-,46-,47-,48-,51-/m0/s1. The molecule has 0 bridgehead atoms. The number of rotatable bonds is 14. The topological polar surface area (TPSA) is 363 Å². The zero-order chi connectivity index (χ0) is 62.3. The first-order valence-corrected chi connectivity index (χ1v) is 29.6. The van der Waals surface area contributed by atoms with Crippen molar-refractivity contribution < 1.29 is 68.1 Å². The fourth-order valence-corrected chi connectivity index (χ4v) is 10.6. The van der Waals surface area contributed by atoms with Gasteiger partial charge in [-0.3, -0.25) is 52.7 Å². The molecule has 0 aliphatic carbocycles. The number of aliphatic hydroxyl groups is 2. The van der Waals surface area contributed by atoms with Crippen molar-refractivity contribution >= 4 is 65.0 Å². The highest BCUT2D eigenvalue weighted by atomic mass is 16.3. The summed E-state index contributed by atoms with van der Waals surface area (Å²) in [6.45, 7) is 8.35. The molecule has 11 amide bonds. The van der Waals surface area contributed by atoms with Crippen molar-refractivity contribution in [2.75, 3.05) is 32.8 Å². The van der Waals surface area contributed by atoms with Gasteiger partial charge in [0.15, 0.2) is 0 Å². The van der Waals surface area contributed by atoms with Crippen molar-refractivity contribution in [2.45, 2.75) is 179 Å². The van der Waals surface area contributed by atoms with E-state index in [0.29, 0.717) is 43.2 Å². The van der Waals surface area contributed by atoms with E-state index in [9.17, 15) is 68.1 Å². The molecule has 3 fully saturated rings. The van der Waals surface area contributed by atoms with Crippen molar-refractivity contribution in [3.05, 3.63) is 77.5 Å². The average Bonchev–Trinajstić information content (AvgIpc) is 4.43. The molecular weight excluding hydrogens is 1100 g/mol. The van der Waals surface area contributed by atoms with Gasteiger partial charge in [-0.1, -0.05) is 109 Å². The summed E-state index contributed by atoms with van der Waals surface area (Å²) in [5.74, 6) is -9.47. The molecule has 5 rings (SSSR count). The molecule has 466 valence electrons. The fourth-order valence-electron chi connectivity index (χ4n) is 10.6. The molecule has 0 spiro atoms. The molecule has 0 unspecified atom stereocenters. The number of fused-ring (bicyclic) bond motifs is 2. The van der Waals surface area contributed by atoms with Crippen LogP contribution in [0.5, 0.6) is 5.75 Å². The van der Waals surface area contributed by atoms with Crippen molar-refractivity contribution in [1.29, 1.82) is 0 Å². The number of nitrogens with one attached hydrogen (secondary N) is 9. The summed E-state index contributed by atoms with van der Waals surface area (Å²) < 4.78 is 0. The number of benzene rings is 2. The van der Waals surface area contributed by atoms with Crippen molar-refractivity contribution in [1.82, 2.24) is 57.7 Å². The summed E-state index contributed by atoms with van der Waals surface area (Å²) in [5, 5.41) is 54.7. The highest BCUT2D eigenvalue weighted by Crippen LogP contribution is 2.23. The number of phenolic OH excluding ortho intramolecular Hbond substituents is 1. The van der Waals surface area contributed by atoms with Crippen molar-refractivity contribution in [3.8, 4) is 5.75 Å². The predicted molar refractivity (Wildman–Crippen MR) is 312 cm³/mol. The van der Waals surface area contributed by atoms with Gasteiger partial charge < -0.3 is 73.0 Å². The zero-order valence-corrected chi connectivity index (χ0v) is 49.6. The number of aromatic hydroxyl groups is 1. The molecule has 85 heavy (non-hydrogen) atoms. The van der Waals surface area contributed by atoms with E-state index in [1.807, 2.05) is 27.7 Å². The molecule has 25 nitrogen and oxygen atoms in total. The lowest BCUT2D eigenvalue weighted by molar-refractivity contribution is -0.142. The summed E-state index contributed by atoms with van der Waals surface area (Å²) in [6.07, 6.45) is 4.71. The quantitative estimate of drug-likeness (QED) is 0.0858. The van der Waals surface area contributed by atoms with Crippen LogP contribution in [0.15, 0.2) is 66.4 Å². The number of aliphatic hydroxyl groups excluding tert-OH is 2. The van der Waals surface area contributed by atoms with Gasteiger partial charge in [0.1, 0.15) is 59.8 Å². The Morgan fingerprint density at radius 1 is 0.588 bits per heavy atom. The first-order chi connectivity index (χ1) is 40.6. The first kappa shape index (κ1) is 67.9. The highest BCUT2D eigenvalue weighted by Gasteiger charge is 2.42. The lowest BCUT2D eigenvalue weighted by atomic mass is 9.95. The van der Waals surface area contributed by atoms with Crippen LogP contribution in [0.3, 0.4) is 0 Å². The van der Waals surface area contributed by atoms with Gasteiger partial charge >= 0.3 is 0 Å². The molecular formula is C60H87N11O14. The van der Waals surface area contributed by atoms with Crippen LogP contribution in [0.1, 0.15) is 123 Å². The molecule has 0 radical (unpaired) electrons. The van der Waals surface area contributed by atoms with Crippen LogP contribution >= 0.6 is 0 Å². The molecule has 0 aromatic heterocycles. The second-order valence-electron chi connectivity index (χ2n) is 22.5. The van der Waals surface area contributed by atoms with Gasteiger partial charge in [-0.15, -0.1) is 0 Å². The summed E-state index contributed by atoms with van der Waals surface area (Å²) in [4.78, 5) is 158. The number of hydrogen-bond donors (Lipinski definition) is 12. The summed E-state index contributed by atoms with van der Waals surface area (Å²) in [7, 11) is 0. The average molecular weight is 1190 g/mol. The van der Waals surface area contributed by atoms with Gasteiger partial charge in [0.2, 0.25) is 59.1 Å². The van der Waals surface area contributed by atoms with Crippen molar-refractivity contribution in [3.63, 3.8) is 0 Å². The molecule has 10 atom stereocenters. The minimum Gasteiger partial charge on any atom is -0.508 e. The smallest absolute Gasteiger partial charge is 0.270 e. The number of amides is 11. The highest BCUT2D eigenvalue weighted by molar-refractivity contribution is 6.02. The van der Waals surface area contributed by atoms with E-state index in [0.717, 1.165) is 17.7 Å². The second kappa shape index (κ2) is 33.5. The first-order valence-electron chi connectivity index (χ1n) is 29.6. The summed E-state index contributed by atoms with van der Waals surface area (Å²) in [6, 6.07) is 3.00. The minimum atomic E-state index is -1.69. The molecule has 12 N–H and O–H groups in total. The summed E-state index contributed by atoms with van der Waals surface area (Å²) >= 11 is 0. The number of nitrogens with zero attached hydrogens (tertiary/aromatic N) is 2. The van der Waals surface area contributed by atoms with E-state index in [-0.39, 0.29) is 69.0 Å². The molecule has 2 aromatic carbocycles. The third-order valence-electron chi connectivity index (χ3n) is 15.5. The Morgan fingerprint density at radius 3 is 1.78 bits per heavy atom. The SMILES string of the molecule is C/C=C1/NC(=O)[C@H](CO)NC(=O)C[C@@H](CCCCC)NC(=O)CNC(=O)[C@@H]2CCCN2C(=O)[C@@H](Cc2ccccc2)NC(=O)[C@H]([C@@H](C)CC)NC(=O)[C@@H](CC(C)C)NC(=O)[C@@H](Cc2ccc(O)cc2)NC(=O)[C@H](CO)NC(=O)[C@@H]2CCCN2C1=O. The largest absolute Gasteiger partial charge is 0.508 e. The number of hydrogen-bond acceptors (Lipinski definition) is 14. The molecule has 0 saturated carbocycles. The number of carbonyl (C=O) groups excluding carboxylic acids is 11. The Kier molecular flexibility index (Phi) is 26.8. The van der Waals surface area contributed by atoms with Gasteiger partial charge in [-0.2, -0.15) is 0 Å². The number of carbonyl (C=O) groups is 11. The Labute approximate surface area is 496 Å². The Hall–Kier alpha value is -7.93. The third-order valence-corrected chi connectivity index (χ3v) is 15.5. The maximum absolute atomic E-state index is 14.8. The zero-order valence-electron chi connectivity index (χ0n) is 49.6. The number of phenols is 1. The fraction of sp³-hybridized carbons (Fsp3) is 0.583. The maximum Gasteiger partial charge on any atom is 0.270 e. The van der Waals surface area contributed by atoms with Crippen LogP contribution in [0.4, 0.5) is 0 Å². The van der Waals surface area contributed by atoms with E-state index < -0.39 is 145 Å². The monoisotopic (exact) mass is 1190 g/mol. The Balaban J connectivity index is 1.52. The molecule has 3 heterocycles. The van der Waals surface area contributed by atoms with Gasteiger partial charge in [-0.05, 0) is 80.5 Å². The Morgan fingerprint density at radius 2 is 1.15 bits per heavy atom. The van der Waals surface area contributed by atoms with E-state index >= 15 is 0 Å². The van der Waals surface area contributed by atoms with Gasteiger partial charge in [0.05, 0.1) is 19.8 Å². The van der Waals surface area contributed by atoms with E-state index in [2.05, 4.69) is 47.9 Å². The van der Waals surface area contributed by atoms with E-state index in [1.165, 1.54) is 42.2 Å². The number of unbranched alkanes of at least 4 members (excludes halogenated alkanes) is 2. The van der Waals surface area contributed by atoms with Gasteiger partial charge in [0.25, 0.3) is 5.91 Å². The van der Waals surface area contributed by atoms with Crippen molar-refractivity contribution in [2.24, 2.45) is 11.8 Å². The summed E-state index contributed by atoms with van der Waals surface area (Å²) in [5.41, 5.74) is 0.824. The Bertz CT molecular complexity index is 2690. The lowest BCUT2D eigenvalue weighted by Crippen LogP contribution is -2.61. The third kappa shape index (κ3) is 20.1. The number of allylic oxidation sites excluding steroid dienone is 1. The molecule has 2 aromatic rings. The molecule has 3 aliphatic rings. The predicted octanol–water partition coefficient (Wildman–Crippen LogP) is -0.250. The minimum absolute atomic E-state index is 0.00688. The van der Waals surface area contributed by atoms with Crippen LogP contribution in [-0.2, 0) is 65.6 Å². The van der Waals surface area contributed by atoms with Crippen LogP contribution in [0, 0.1) is 11.8 Å². The van der Waals surface area contributed by atoms with Crippen LogP contribution in [-0.4, -0.2) is 177 Å². The van der Waals surface area contributed by atoms with Crippen LogP contribution < -0.4 is 47.9 Å². The van der Waals surface area contributed by atoms with Crippen LogP contribution in [0.25, 0.3) is 0 Å². The molecule has 3 saturated heterocycles. The molecule has 25 heteroatoms. The van der Waals surface area contributed by atoms with Crippen LogP contribution in [0.2, 0.25) is 0 Å². The van der Waals surface area contributed by atoms with Gasteiger partial charge in [-0.25, -0.2) is 0 Å². The second-order valence-corrected chi connectivity index (χ2v) is 22.5. The molecule has 3 aliphatic heterocycles. The van der Waals surface area contributed by atoms with Gasteiger partial charge in [0, 0.05) is 38.4 Å². The normalized spacial score (nSPS) is 26.3. The lowest BCUT2D eigenvalue weighted by Gasteiger charge is -2.32. The maximum atomic E-state index is 14.8.